The van der Waals surface area contributed by atoms with Crippen LogP contribution < -0.4 is 5.32 Å². The SMILES string of the molecule is Cl.O=C(O)c1ccc(S(=O)(=O)c2ccc(CCNC[C@@H](O)c3cccc(Cl)c3)cc2)cc1. The van der Waals surface area contributed by atoms with Crippen molar-refractivity contribution in [2.24, 2.45) is 0 Å². The van der Waals surface area contributed by atoms with E-state index < -0.39 is 21.9 Å². The molecule has 0 aliphatic rings. The van der Waals surface area contributed by atoms with E-state index in [1.54, 1.807) is 30.3 Å². The van der Waals surface area contributed by atoms with Crippen LogP contribution in [0.1, 0.15) is 27.6 Å². The third-order valence-corrected chi connectivity index (χ3v) is 6.83. The number of benzene rings is 3. The minimum Gasteiger partial charge on any atom is -0.478 e. The number of aliphatic hydroxyl groups excluding tert-OH is 1. The van der Waals surface area contributed by atoms with Crippen LogP contribution in [0.15, 0.2) is 82.6 Å². The number of carbonyl (C=O) groups is 1. The molecule has 0 amide bonds. The number of aromatic carboxylic acids is 1. The second kappa shape index (κ2) is 11.4. The van der Waals surface area contributed by atoms with E-state index in [4.69, 9.17) is 16.7 Å². The van der Waals surface area contributed by atoms with Crippen LogP contribution in [0.2, 0.25) is 5.02 Å². The summed E-state index contributed by atoms with van der Waals surface area (Å²) < 4.78 is 25.4. The Bertz CT molecular complexity index is 1150. The van der Waals surface area contributed by atoms with Crippen LogP contribution >= 0.6 is 24.0 Å². The summed E-state index contributed by atoms with van der Waals surface area (Å²) in [6.07, 6.45) is -0.00524. The van der Waals surface area contributed by atoms with E-state index in [2.05, 4.69) is 5.32 Å². The van der Waals surface area contributed by atoms with Crippen molar-refractivity contribution in [1.82, 2.24) is 5.32 Å². The molecule has 0 spiro atoms. The summed E-state index contributed by atoms with van der Waals surface area (Å²) in [5.41, 5.74) is 1.72. The highest BCUT2D eigenvalue weighted by atomic mass is 35.5. The molecule has 0 radical (unpaired) electrons. The Labute approximate surface area is 198 Å². The van der Waals surface area contributed by atoms with E-state index in [-0.39, 0.29) is 27.8 Å². The van der Waals surface area contributed by atoms with Crippen molar-refractivity contribution in [3.8, 4) is 0 Å². The maximum atomic E-state index is 12.7. The van der Waals surface area contributed by atoms with Crippen LogP contribution in [0.3, 0.4) is 0 Å². The van der Waals surface area contributed by atoms with Crippen LogP contribution in [0.4, 0.5) is 0 Å². The van der Waals surface area contributed by atoms with Crippen LogP contribution in [-0.2, 0) is 16.3 Å². The molecule has 3 aromatic carbocycles. The summed E-state index contributed by atoms with van der Waals surface area (Å²) >= 11 is 5.94. The van der Waals surface area contributed by atoms with Crippen molar-refractivity contribution < 1.29 is 23.4 Å². The van der Waals surface area contributed by atoms with Gasteiger partial charge >= 0.3 is 5.97 Å². The molecule has 0 aromatic heterocycles. The van der Waals surface area contributed by atoms with Crippen molar-refractivity contribution in [2.45, 2.75) is 22.3 Å². The molecule has 0 heterocycles. The zero-order chi connectivity index (χ0) is 22.4. The fourth-order valence-electron chi connectivity index (χ4n) is 3.05. The maximum Gasteiger partial charge on any atom is 0.335 e. The van der Waals surface area contributed by atoms with Gasteiger partial charge in [0.15, 0.2) is 0 Å². The maximum absolute atomic E-state index is 12.7. The number of aliphatic hydroxyl groups is 1. The van der Waals surface area contributed by atoms with Gasteiger partial charge < -0.3 is 15.5 Å². The highest BCUT2D eigenvalue weighted by Gasteiger charge is 2.18. The molecule has 0 saturated heterocycles. The van der Waals surface area contributed by atoms with Crippen molar-refractivity contribution in [2.75, 3.05) is 13.1 Å². The van der Waals surface area contributed by atoms with Crippen molar-refractivity contribution in [1.29, 1.82) is 0 Å². The topological polar surface area (TPSA) is 104 Å². The van der Waals surface area contributed by atoms with Crippen molar-refractivity contribution in [3.05, 3.63) is 94.5 Å². The molecular formula is C23H23Cl2NO5S. The van der Waals surface area contributed by atoms with E-state index in [1.807, 2.05) is 6.07 Å². The first kappa shape index (κ1) is 25.8. The monoisotopic (exact) mass is 495 g/mol. The Morgan fingerprint density at radius 2 is 1.56 bits per heavy atom. The molecule has 0 unspecified atom stereocenters. The second-order valence-corrected chi connectivity index (χ2v) is 9.39. The van der Waals surface area contributed by atoms with Crippen molar-refractivity contribution in [3.63, 3.8) is 0 Å². The van der Waals surface area contributed by atoms with Gasteiger partial charge in [-0.3, -0.25) is 0 Å². The molecular weight excluding hydrogens is 473 g/mol. The Kier molecular flexibility index (Phi) is 9.24. The summed E-state index contributed by atoms with van der Waals surface area (Å²) in [5, 5.41) is 22.9. The fraction of sp³-hybridized carbons (Fsp3) is 0.174. The number of rotatable bonds is 9. The molecule has 3 rings (SSSR count). The summed E-state index contributed by atoms with van der Waals surface area (Å²) in [4.78, 5) is 11.1. The van der Waals surface area contributed by atoms with Crippen molar-refractivity contribution >= 4 is 39.8 Å². The summed E-state index contributed by atoms with van der Waals surface area (Å²) in [5.74, 6) is -1.11. The number of halogens is 2. The summed E-state index contributed by atoms with van der Waals surface area (Å²) in [6.45, 7) is 0.986. The molecule has 32 heavy (non-hydrogen) atoms. The largest absolute Gasteiger partial charge is 0.478 e. The lowest BCUT2D eigenvalue weighted by Gasteiger charge is -2.12. The van der Waals surface area contributed by atoms with Gasteiger partial charge in [0.05, 0.1) is 21.5 Å². The predicted octanol–water partition coefficient (Wildman–Crippen LogP) is 4.16. The van der Waals surface area contributed by atoms with Crippen LogP contribution in [-0.4, -0.2) is 37.7 Å². The number of carboxylic acid groups (broad SMARTS) is 1. The average molecular weight is 496 g/mol. The second-order valence-electron chi connectivity index (χ2n) is 7.00. The number of hydrogen-bond donors (Lipinski definition) is 3. The van der Waals surface area contributed by atoms with Gasteiger partial charge in [-0.2, -0.15) is 0 Å². The number of carboxylic acids is 1. The van der Waals surface area contributed by atoms with Gasteiger partial charge in [0.2, 0.25) is 9.84 Å². The summed E-state index contributed by atoms with van der Waals surface area (Å²) in [7, 11) is -3.72. The van der Waals surface area contributed by atoms with Gasteiger partial charge in [0, 0.05) is 11.6 Å². The van der Waals surface area contributed by atoms with E-state index in [1.165, 1.54) is 36.4 Å². The molecule has 1 atom stereocenters. The smallest absolute Gasteiger partial charge is 0.335 e. The molecule has 3 aromatic rings. The number of sulfone groups is 1. The van der Waals surface area contributed by atoms with E-state index >= 15 is 0 Å². The molecule has 0 bridgehead atoms. The fourth-order valence-corrected chi connectivity index (χ4v) is 4.51. The quantitative estimate of drug-likeness (QED) is 0.385. The van der Waals surface area contributed by atoms with Gasteiger partial charge in [-0.15, -0.1) is 12.4 Å². The molecule has 0 saturated carbocycles. The molecule has 3 N–H and O–H groups in total. The minimum absolute atomic E-state index is 0. The highest BCUT2D eigenvalue weighted by Crippen LogP contribution is 2.22. The number of nitrogens with one attached hydrogen (secondary N) is 1. The number of hydrogen-bond acceptors (Lipinski definition) is 5. The van der Waals surface area contributed by atoms with Gasteiger partial charge in [0.25, 0.3) is 0 Å². The van der Waals surface area contributed by atoms with E-state index in [0.717, 1.165) is 11.1 Å². The Balaban J connectivity index is 0.00000363. The van der Waals surface area contributed by atoms with Gasteiger partial charge in [-0.1, -0.05) is 35.9 Å². The highest BCUT2D eigenvalue weighted by molar-refractivity contribution is 7.91. The van der Waals surface area contributed by atoms with Crippen LogP contribution in [0, 0.1) is 0 Å². The van der Waals surface area contributed by atoms with Gasteiger partial charge in [-0.05, 0) is 72.6 Å². The predicted molar refractivity (Wildman–Crippen MR) is 126 cm³/mol. The summed E-state index contributed by atoms with van der Waals surface area (Å²) in [6, 6.07) is 18.8. The third kappa shape index (κ3) is 6.54. The Morgan fingerprint density at radius 3 is 2.12 bits per heavy atom. The first-order valence-electron chi connectivity index (χ1n) is 9.59. The zero-order valence-electron chi connectivity index (χ0n) is 16.9. The zero-order valence-corrected chi connectivity index (χ0v) is 19.3. The molecule has 170 valence electrons. The molecule has 6 nitrogen and oxygen atoms in total. The molecule has 0 aliphatic carbocycles. The Morgan fingerprint density at radius 1 is 0.969 bits per heavy atom. The van der Waals surface area contributed by atoms with Gasteiger partial charge in [-0.25, -0.2) is 13.2 Å². The third-order valence-electron chi connectivity index (χ3n) is 4.81. The first-order valence-corrected chi connectivity index (χ1v) is 11.4. The average Bonchev–Trinajstić information content (AvgIpc) is 2.77. The molecule has 9 heteroatoms. The van der Waals surface area contributed by atoms with E-state index in [9.17, 15) is 18.3 Å². The lowest BCUT2D eigenvalue weighted by molar-refractivity contribution is 0.0696. The lowest BCUT2D eigenvalue weighted by Crippen LogP contribution is -2.23. The first-order chi connectivity index (χ1) is 14.8. The van der Waals surface area contributed by atoms with Crippen LogP contribution in [0.25, 0.3) is 0 Å². The normalized spacial score (nSPS) is 12.1. The van der Waals surface area contributed by atoms with E-state index in [0.29, 0.717) is 24.5 Å². The Hall–Kier alpha value is -2.42. The van der Waals surface area contributed by atoms with Gasteiger partial charge in [0.1, 0.15) is 0 Å². The molecule has 0 fully saturated rings. The standard InChI is InChI=1S/C23H22ClNO5S.ClH/c24-19-3-1-2-18(14-19)22(26)15-25-13-12-16-4-8-20(9-5-16)31(29,30)21-10-6-17(7-11-21)23(27)28;/h1-11,14,22,25-26H,12-13,15H2,(H,27,28);1H/t22-;/m1./s1. The molecule has 0 aliphatic heterocycles. The minimum atomic E-state index is -3.72. The lowest BCUT2D eigenvalue weighted by atomic mass is 10.1. The van der Waals surface area contributed by atoms with Crippen LogP contribution in [0.5, 0.6) is 0 Å².